The minimum atomic E-state index is -0.260. The molecule has 2 amide bonds. The number of hydrogen-bond acceptors (Lipinski definition) is 3. The molecule has 0 aromatic rings. The van der Waals surface area contributed by atoms with Gasteiger partial charge in [-0.1, -0.05) is 0 Å². The van der Waals surface area contributed by atoms with Crippen molar-refractivity contribution < 1.29 is 9.59 Å². The molecular weight excluding hydrogens is 218 g/mol. The first kappa shape index (κ1) is 12.4. The van der Waals surface area contributed by atoms with Crippen molar-refractivity contribution in [1.82, 2.24) is 10.2 Å². The first-order valence-corrected chi connectivity index (χ1v) is 6.41. The molecule has 5 nitrogen and oxygen atoms in total. The van der Waals surface area contributed by atoms with Gasteiger partial charge < -0.3 is 16.0 Å². The van der Waals surface area contributed by atoms with Crippen LogP contribution in [0.3, 0.4) is 0 Å². The van der Waals surface area contributed by atoms with E-state index in [0.717, 1.165) is 32.1 Å². The van der Waals surface area contributed by atoms with E-state index < -0.39 is 0 Å². The molecule has 0 bridgehead atoms. The minimum Gasteiger partial charge on any atom is -0.357 e. The van der Waals surface area contributed by atoms with E-state index in [-0.39, 0.29) is 29.8 Å². The highest BCUT2D eigenvalue weighted by Crippen LogP contribution is 2.29. The van der Waals surface area contributed by atoms with Crippen molar-refractivity contribution in [1.29, 1.82) is 0 Å². The maximum atomic E-state index is 12.3. The summed E-state index contributed by atoms with van der Waals surface area (Å²) in [4.78, 5) is 25.7. The van der Waals surface area contributed by atoms with Gasteiger partial charge in [-0.15, -0.1) is 0 Å². The van der Waals surface area contributed by atoms with Gasteiger partial charge in [-0.3, -0.25) is 9.59 Å². The molecule has 2 rings (SSSR count). The number of carbonyl (C=O) groups is 2. The summed E-state index contributed by atoms with van der Waals surface area (Å²) in [5, 5.41) is 2.63. The van der Waals surface area contributed by atoms with Gasteiger partial charge in [0.1, 0.15) is 6.04 Å². The minimum absolute atomic E-state index is 0.0373. The van der Waals surface area contributed by atoms with Crippen LogP contribution in [0.1, 0.15) is 32.1 Å². The first-order valence-electron chi connectivity index (χ1n) is 6.41. The largest absolute Gasteiger partial charge is 0.357 e. The van der Waals surface area contributed by atoms with Crippen LogP contribution in [0.5, 0.6) is 0 Å². The molecule has 1 heterocycles. The van der Waals surface area contributed by atoms with Gasteiger partial charge in [0.25, 0.3) is 0 Å². The Kier molecular flexibility index (Phi) is 3.66. The number of likely N-dealkylation sites (N-methyl/N-ethyl adjacent to an activating group) is 1. The zero-order valence-corrected chi connectivity index (χ0v) is 10.3. The highest BCUT2D eigenvalue weighted by atomic mass is 16.2. The van der Waals surface area contributed by atoms with Crippen molar-refractivity contribution >= 4 is 11.8 Å². The summed E-state index contributed by atoms with van der Waals surface area (Å²) in [6.07, 6.45) is 4.27. The zero-order valence-electron chi connectivity index (χ0n) is 10.3. The highest BCUT2D eigenvalue weighted by molar-refractivity contribution is 5.89. The molecule has 1 aliphatic carbocycles. The van der Waals surface area contributed by atoms with Crippen LogP contribution in [0.15, 0.2) is 0 Å². The number of nitrogens with zero attached hydrogens (tertiary/aromatic N) is 1. The monoisotopic (exact) mass is 239 g/mol. The molecule has 1 saturated carbocycles. The quantitative estimate of drug-likeness (QED) is 0.703. The van der Waals surface area contributed by atoms with Crippen LogP contribution >= 0.6 is 0 Å². The van der Waals surface area contributed by atoms with Gasteiger partial charge in [0.15, 0.2) is 0 Å². The van der Waals surface area contributed by atoms with Crippen molar-refractivity contribution in [3.63, 3.8) is 0 Å². The van der Waals surface area contributed by atoms with Gasteiger partial charge >= 0.3 is 0 Å². The summed E-state index contributed by atoms with van der Waals surface area (Å²) in [5.74, 6) is 0.123. The van der Waals surface area contributed by atoms with Crippen LogP contribution in [0, 0.1) is 5.92 Å². The van der Waals surface area contributed by atoms with E-state index >= 15 is 0 Å². The van der Waals surface area contributed by atoms with E-state index in [1.165, 1.54) is 0 Å². The van der Waals surface area contributed by atoms with E-state index in [2.05, 4.69) is 5.32 Å². The van der Waals surface area contributed by atoms with Crippen LogP contribution in [0.4, 0.5) is 0 Å². The Hall–Kier alpha value is -1.10. The molecule has 0 radical (unpaired) electrons. The van der Waals surface area contributed by atoms with Crippen molar-refractivity contribution in [3.05, 3.63) is 0 Å². The summed E-state index contributed by atoms with van der Waals surface area (Å²) >= 11 is 0. The normalized spacial score (nSPS) is 32.8. The van der Waals surface area contributed by atoms with Gasteiger partial charge in [0, 0.05) is 25.6 Å². The zero-order chi connectivity index (χ0) is 12.4. The average Bonchev–Trinajstić information content (AvgIpc) is 2.95. The smallest absolute Gasteiger partial charge is 0.242 e. The van der Waals surface area contributed by atoms with E-state index in [9.17, 15) is 9.59 Å². The summed E-state index contributed by atoms with van der Waals surface area (Å²) in [6, 6.07) is -0.102. The molecule has 2 aliphatic rings. The standard InChI is InChI=1S/C12H21N3O2/c1-14-11(16)10-3-2-6-15(10)12(17)8-4-5-9(13)7-8/h8-10H,2-7,13H2,1H3,(H,14,16)/t8-,9-,10+/m1/s1. The fourth-order valence-electron chi connectivity index (χ4n) is 2.94. The second-order valence-corrected chi connectivity index (χ2v) is 5.07. The second-order valence-electron chi connectivity index (χ2n) is 5.07. The van der Waals surface area contributed by atoms with Gasteiger partial charge in [0.05, 0.1) is 0 Å². The summed E-state index contributed by atoms with van der Waals surface area (Å²) in [6.45, 7) is 0.711. The molecule has 5 heteroatoms. The molecule has 0 unspecified atom stereocenters. The molecule has 17 heavy (non-hydrogen) atoms. The number of nitrogens with two attached hydrogens (primary N) is 1. The van der Waals surface area contributed by atoms with E-state index in [4.69, 9.17) is 5.73 Å². The predicted molar refractivity (Wildman–Crippen MR) is 64.1 cm³/mol. The molecule has 0 spiro atoms. The lowest BCUT2D eigenvalue weighted by Gasteiger charge is -2.26. The maximum absolute atomic E-state index is 12.3. The molecule has 0 aromatic carbocycles. The van der Waals surface area contributed by atoms with Crippen LogP contribution in [0.2, 0.25) is 0 Å². The van der Waals surface area contributed by atoms with E-state index in [0.29, 0.717) is 6.54 Å². The van der Waals surface area contributed by atoms with Crippen molar-refractivity contribution in [2.45, 2.75) is 44.2 Å². The lowest BCUT2D eigenvalue weighted by Crippen LogP contribution is -2.46. The SMILES string of the molecule is CNC(=O)[C@@H]1CCCN1C(=O)[C@@H]1CC[C@@H](N)C1. The Labute approximate surface area is 102 Å². The summed E-state index contributed by atoms with van der Waals surface area (Å²) < 4.78 is 0. The molecule has 0 aromatic heterocycles. The number of hydrogen-bond donors (Lipinski definition) is 2. The molecule has 3 N–H and O–H groups in total. The Morgan fingerprint density at radius 3 is 2.65 bits per heavy atom. The predicted octanol–water partition coefficient (Wildman–Crippen LogP) is -0.149. The molecule has 96 valence electrons. The molecule has 3 atom stereocenters. The van der Waals surface area contributed by atoms with E-state index in [1.807, 2.05) is 0 Å². The number of rotatable bonds is 2. The first-order chi connectivity index (χ1) is 8.13. The number of likely N-dealkylation sites (tertiary alicyclic amines) is 1. The Morgan fingerprint density at radius 2 is 2.06 bits per heavy atom. The number of carbonyl (C=O) groups excluding carboxylic acids is 2. The Balaban J connectivity index is 2.01. The maximum Gasteiger partial charge on any atom is 0.242 e. The van der Waals surface area contributed by atoms with Gasteiger partial charge in [-0.05, 0) is 32.1 Å². The third-order valence-corrected chi connectivity index (χ3v) is 3.91. The topological polar surface area (TPSA) is 75.4 Å². The molecule has 1 aliphatic heterocycles. The van der Waals surface area contributed by atoms with Crippen LogP contribution < -0.4 is 11.1 Å². The fourth-order valence-corrected chi connectivity index (χ4v) is 2.94. The summed E-state index contributed by atoms with van der Waals surface area (Å²) in [7, 11) is 1.62. The van der Waals surface area contributed by atoms with Crippen molar-refractivity contribution in [3.8, 4) is 0 Å². The van der Waals surface area contributed by atoms with Crippen molar-refractivity contribution in [2.24, 2.45) is 11.7 Å². The second kappa shape index (κ2) is 5.04. The van der Waals surface area contributed by atoms with Gasteiger partial charge in [-0.25, -0.2) is 0 Å². The third kappa shape index (κ3) is 2.44. The van der Waals surface area contributed by atoms with E-state index in [1.54, 1.807) is 11.9 Å². The summed E-state index contributed by atoms with van der Waals surface area (Å²) in [5.41, 5.74) is 5.83. The fraction of sp³-hybridized carbons (Fsp3) is 0.833. The van der Waals surface area contributed by atoms with Crippen LogP contribution in [-0.4, -0.2) is 42.4 Å². The lowest BCUT2D eigenvalue weighted by atomic mass is 10.1. The Bertz CT molecular complexity index is 319. The lowest BCUT2D eigenvalue weighted by molar-refractivity contribution is -0.141. The Morgan fingerprint density at radius 1 is 1.29 bits per heavy atom. The van der Waals surface area contributed by atoms with Gasteiger partial charge in [0.2, 0.25) is 11.8 Å². The average molecular weight is 239 g/mol. The highest BCUT2D eigenvalue weighted by Gasteiger charge is 2.38. The molecule has 1 saturated heterocycles. The van der Waals surface area contributed by atoms with Crippen molar-refractivity contribution in [2.75, 3.05) is 13.6 Å². The van der Waals surface area contributed by atoms with Gasteiger partial charge in [-0.2, -0.15) is 0 Å². The van der Waals surface area contributed by atoms with Crippen LogP contribution in [0.25, 0.3) is 0 Å². The number of amides is 2. The van der Waals surface area contributed by atoms with Crippen LogP contribution in [-0.2, 0) is 9.59 Å². The number of nitrogens with one attached hydrogen (secondary N) is 1. The third-order valence-electron chi connectivity index (χ3n) is 3.91. The molecular formula is C12H21N3O2. The molecule has 2 fully saturated rings.